The Balaban J connectivity index is 2.80. The van der Waals surface area contributed by atoms with Crippen molar-refractivity contribution >= 4 is 15.9 Å². The second-order valence-corrected chi connectivity index (χ2v) is 4.90. The van der Waals surface area contributed by atoms with E-state index in [2.05, 4.69) is 51.8 Å². The molecule has 1 unspecified atom stereocenters. The first-order chi connectivity index (χ1) is 7.63. The molecular formula is C12H22BrN3. The molecule has 1 rings (SSSR count). The molecule has 1 atom stereocenters. The first-order valence-electron chi connectivity index (χ1n) is 6.05. The Hall–Kier alpha value is -0.350. The van der Waals surface area contributed by atoms with Crippen molar-refractivity contribution in [3.63, 3.8) is 0 Å². The summed E-state index contributed by atoms with van der Waals surface area (Å²) in [6, 6.07) is 0.553. The third kappa shape index (κ3) is 3.08. The molecule has 0 saturated heterocycles. The van der Waals surface area contributed by atoms with Crippen molar-refractivity contribution < 1.29 is 0 Å². The van der Waals surface area contributed by atoms with E-state index >= 15 is 0 Å². The maximum absolute atomic E-state index is 4.60. The van der Waals surface area contributed by atoms with E-state index in [9.17, 15) is 0 Å². The fraction of sp³-hybridized carbons (Fsp3) is 0.750. The minimum absolute atomic E-state index is 0.553. The molecule has 3 nitrogen and oxygen atoms in total. The first kappa shape index (κ1) is 13.7. The summed E-state index contributed by atoms with van der Waals surface area (Å²) in [5.74, 6) is 0. The Morgan fingerprint density at radius 1 is 1.44 bits per heavy atom. The standard InChI is InChI=1S/C12H22BrN3/c1-5-10-12(13)11(16(6-2)15-10)8-7-9(3)14-4/h9,14H,5-8H2,1-4H3. The van der Waals surface area contributed by atoms with Crippen molar-refractivity contribution in [2.45, 2.75) is 52.6 Å². The summed E-state index contributed by atoms with van der Waals surface area (Å²) in [6.45, 7) is 7.44. The minimum Gasteiger partial charge on any atom is -0.317 e. The largest absolute Gasteiger partial charge is 0.317 e. The van der Waals surface area contributed by atoms with Crippen molar-refractivity contribution in [2.24, 2.45) is 0 Å². The average Bonchev–Trinajstić information content (AvgIpc) is 2.62. The molecule has 0 aromatic carbocycles. The Bertz CT molecular complexity index is 333. The maximum atomic E-state index is 4.60. The molecule has 1 N–H and O–H groups in total. The molecule has 0 amide bonds. The van der Waals surface area contributed by atoms with Gasteiger partial charge in [0.2, 0.25) is 0 Å². The third-order valence-corrected chi connectivity index (χ3v) is 3.92. The van der Waals surface area contributed by atoms with E-state index in [1.54, 1.807) is 0 Å². The summed E-state index contributed by atoms with van der Waals surface area (Å²) in [5.41, 5.74) is 2.51. The van der Waals surface area contributed by atoms with Gasteiger partial charge < -0.3 is 5.32 Å². The zero-order chi connectivity index (χ0) is 12.1. The van der Waals surface area contributed by atoms with Crippen LogP contribution in [0.25, 0.3) is 0 Å². The van der Waals surface area contributed by atoms with Crippen molar-refractivity contribution in [1.82, 2.24) is 15.1 Å². The first-order valence-corrected chi connectivity index (χ1v) is 6.84. The molecule has 0 spiro atoms. The molecule has 0 aliphatic carbocycles. The number of aryl methyl sites for hydroxylation is 2. The van der Waals surface area contributed by atoms with Crippen LogP contribution in [0.2, 0.25) is 0 Å². The Kier molecular flexibility index (Phi) is 5.49. The normalized spacial score (nSPS) is 13.1. The number of hydrogen-bond acceptors (Lipinski definition) is 2. The number of halogens is 1. The summed E-state index contributed by atoms with van der Waals surface area (Å²) in [4.78, 5) is 0. The van der Waals surface area contributed by atoms with Gasteiger partial charge in [-0.1, -0.05) is 6.92 Å². The lowest BCUT2D eigenvalue weighted by Crippen LogP contribution is -2.22. The highest BCUT2D eigenvalue weighted by Gasteiger charge is 2.14. The fourth-order valence-corrected chi connectivity index (χ4v) is 2.52. The van der Waals surface area contributed by atoms with E-state index in [1.165, 1.54) is 15.9 Å². The van der Waals surface area contributed by atoms with Crippen molar-refractivity contribution in [2.75, 3.05) is 7.05 Å². The van der Waals surface area contributed by atoms with Crippen molar-refractivity contribution in [1.29, 1.82) is 0 Å². The summed E-state index contributed by atoms with van der Waals surface area (Å²) in [5, 5.41) is 7.87. The summed E-state index contributed by atoms with van der Waals surface area (Å²) >= 11 is 3.67. The second kappa shape index (κ2) is 6.40. The van der Waals surface area contributed by atoms with E-state index in [0.29, 0.717) is 6.04 Å². The number of nitrogens with zero attached hydrogens (tertiary/aromatic N) is 2. The zero-order valence-corrected chi connectivity index (χ0v) is 12.3. The highest BCUT2D eigenvalue weighted by Crippen LogP contribution is 2.23. The van der Waals surface area contributed by atoms with Crippen LogP contribution >= 0.6 is 15.9 Å². The van der Waals surface area contributed by atoms with Crippen LogP contribution in [0.3, 0.4) is 0 Å². The van der Waals surface area contributed by atoms with E-state index in [4.69, 9.17) is 0 Å². The van der Waals surface area contributed by atoms with Crippen LogP contribution in [-0.4, -0.2) is 22.9 Å². The molecule has 0 fully saturated rings. The van der Waals surface area contributed by atoms with Crippen LogP contribution < -0.4 is 5.32 Å². The third-order valence-electron chi connectivity index (χ3n) is 3.00. The number of aromatic nitrogens is 2. The van der Waals surface area contributed by atoms with Gasteiger partial charge in [-0.2, -0.15) is 5.10 Å². The molecule has 16 heavy (non-hydrogen) atoms. The van der Waals surface area contributed by atoms with Gasteiger partial charge in [0.25, 0.3) is 0 Å². The van der Waals surface area contributed by atoms with Crippen LogP contribution in [0.4, 0.5) is 0 Å². The Morgan fingerprint density at radius 2 is 2.12 bits per heavy atom. The lowest BCUT2D eigenvalue weighted by atomic mass is 10.1. The molecule has 1 aromatic rings. The van der Waals surface area contributed by atoms with E-state index in [1.807, 2.05) is 7.05 Å². The Labute approximate surface area is 107 Å². The van der Waals surface area contributed by atoms with Crippen molar-refractivity contribution in [3.05, 3.63) is 15.9 Å². The van der Waals surface area contributed by atoms with Gasteiger partial charge in [0.1, 0.15) is 0 Å². The SMILES string of the molecule is CCc1nn(CC)c(CCC(C)NC)c1Br. The van der Waals surface area contributed by atoms with Gasteiger partial charge >= 0.3 is 0 Å². The fourth-order valence-electron chi connectivity index (χ4n) is 1.75. The van der Waals surface area contributed by atoms with Gasteiger partial charge in [-0.15, -0.1) is 0 Å². The summed E-state index contributed by atoms with van der Waals surface area (Å²) in [7, 11) is 2.01. The Morgan fingerprint density at radius 3 is 2.62 bits per heavy atom. The molecular weight excluding hydrogens is 266 g/mol. The summed E-state index contributed by atoms with van der Waals surface area (Å²) < 4.78 is 3.32. The average molecular weight is 288 g/mol. The van der Waals surface area contributed by atoms with Crippen molar-refractivity contribution in [3.8, 4) is 0 Å². The van der Waals surface area contributed by atoms with Gasteiger partial charge in [-0.25, -0.2) is 0 Å². The molecule has 4 heteroatoms. The topological polar surface area (TPSA) is 29.9 Å². The van der Waals surface area contributed by atoms with Crippen LogP contribution in [0.1, 0.15) is 38.6 Å². The molecule has 0 aliphatic heterocycles. The van der Waals surface area contributed by atoms with Crippen LogP contribution in [-0.2, 0) is 19.4 Å². The quantitative estimate of drug-likeness (QED) is 0.872. The van der Waals surface area contributed by atoms with Gasteiger partial charge in [0.15, 0.2) is 0 Å². The zero-order valence-electron chi connectivity index (χ0n) is 10.7. The monoisotopic (exact) mass is 287 g/mol. The molecule has 0 radical (unpaired) electrons. The molecule has 92 valence electrons. The second-order valence-electron chi connectivity index (χ2n) is 4.11. The van der Waals surface area contributed by atoms with E-state index in [0.717, 1.165) is 25.8 Å². The predicted molar refractivity (Wildman–Crippen MR) is 71.8 cm³/mol. The van der Waals surface area contributed by atoms with Crippen LogP contribution in [0.15, 0.2) is 4.47 Å². The smallest absolute Gasteiger partial charge is 0.0766 e. The van der Waals surface area contributed by atoms with Crippen LogP contribution in [0.5, 0.6) is 0 Å². The lowest BCUT2D eigenvalue weighted by molar-refractivity contribution is 0.537. The molecule has 1 aromatic heterocycles. The van der Waals surface area contributed by atoms with E-state index in [-0.39, 0.29) is 0 Å². The molecule has 0 aliphatic rings. The van der Waals surface area contributed by atoms with Crippen LogP contribution in [0, 0.1) is 0 Å². The molecule has 0 bridgehead atoms. The lowest BCUT2D eigenvalue weighted by Gasteiger charge is -2.10. The van der Waals surface area contributed by atoms with Gasteiger partial charge in [0, 0.05) is 12.6 Å². The highest BCUT2D eigenvalue weighted by atomic mass is 79.9. The molecule has 0 saturated carbocycles. The van der Waals surface area contributed by atoms with Gasteiger partial charge in [-0.3, -0.25) is 4.68 Å². The summed E-state index contributed by atoms with van der Waals surface area (Å²) in [6.07, 6.45) is 3.20. The van der Waals surface area contributed by atoms with Gasteiger partial charge in [0.05, 0.1) is 15.9 Å². The predicted octanol–water partition coefficient (Wildman–Crippen LogP) is 2.77. The maximum Gasteiger partial charge on any atom is 0.0766 e. The van der Waals surface area contributed by atoms with E-state index < -0.39 is 0 Å². The number of hydrogen-bond donors (Lipinski definition) is 1. The molecule has 1 heterocycles. The highest BCUT2D eigenvalue weighted by molar-refractivity contribution is 9.10. The number of rotatable bonds is 6. The van der Waals surface area contributed by atoms with Gasteiger partial charge in [-0.05, 0) is 56.1 Å². The minimum atomic E-state index is 0.553. The number of nitrogens with one attached hydrogen (secondary N) is 1.